The number of hydrogen-bond donors (Lipinski definition) is 1. The highest BCUT2D eigenvalue weighted by atomic mass is 32.2. The molecule has 0 aromatic carbocycles. The van der Waals surface area contributed by atoms with Gasteiger partial charge in [0.2, 0.25) is 0 Å². The monoisotopic (exact) mass is 282 g/mol. The molecule has 0 aliphatic carbocycles. The van der Waals surface area contributed by atoms with Gasteiger partial charge in [0.05, 0.1) is 11.5 Å². The van der Waals surface area contributed by atoms with Crippen LogP contribution in [0.1, 0.15) is 46.5 Å². The van der Waals surface area contributed by atoms with Crippen LogP contribution < -0.4 is 5.69 Å². The van der Waals surface area contributed by atoms with Gasteiger partial charge in [0, 0.05) is 12.3 Å². The molecule has 1 rings (SSSR count). The molecule has 19 heavy (non-hydrogen) atoms. The average molecular weight is 282 g/mol. The van der Waals surface area contributed by atoms with E-state index >= 15 is 0 Å². The zero-order chi connectivity index (χ0) is 14.3. The second-order valence-electron chi connectivity index (χ2n) is 5.26. The van der Waals surface area contributed by atoms with Crippen LogP contribution in [0.3, 0.4) is 0 Å². The van der Waals surface area contributed by atoms with Crippen LogP contribution in [0, 0.1) is 16.7 Å². The summed E-state index contributed by atoms with van der Waals surface area (Å²) in [5, 5.41) is 16.2. The summed E-state index contributed by atoms with van der Waals surface area (Å²) in [6.07, 6.45) is 3.88. The molecule has 1 aromatic heterocycles. The molecule has 6 heteroatoms. The summed E-state index contributed by atoms with van der Waals surface area (Å²) in [6, 6.07) is 2.31. The van der Waals surface area contributed by atoms with E-state index in [4.69, 9.17) is 5.26 Å². The van der Waals surface area contributed by atoms with Gasteiger partial charge in [0.25, 0.3) is 0 Å². The predicted octanol–water partition coefficient (Wildman–Crippen LogP) is 2.79. The van der Waals surface area contributed by atoms with Crippen molar-refractivity contribution in [1.29, 1.82) is 5.26 Å². The molecule has 0 saturated heterocycles. The second kappa shape index (κ2) is 7.39. The van der Waals surface area contributed by atoms with Gasteiger partial charge in [0.1, 0.15) is 0 Å². The smallest absolute Gasteiger partial charge is 0.270 e. The van der Waals surface area contributed by atoms with Crippen molar-refractivity contribution < 1.29 is 0 Å². The fourth-order valence-corrected chi connectivity index (χ4v) is 2.69. The van der Waals surface area contributed by atoms with E-state index in [-0.39, 0.29) is 11.1 Å². The van der Waals surface area contributed by atoms with Crippen LogP contribution in [0.4, 0.5) is 0 Å². The Morgan fingerprint density at radius 3 is 2.84 bits per heavy atom. The number of nitrogens with zero attached hydrogens (tertiary/aromatic N) is 3. The third-order valence-electron chi connectivity index (χ3n) is 2.90. The fraction of sp³-hybridized carbons (Fsp3) is 0.769. The Balaban J connectivity index is 2.34. The maximum Gasteiger partial charge on any atom is 0.343 e. The van der Waals surface area contributed by atoms with Gasteiger partial charge in [-0.05, 0) is 33.1 Å². The minimum absolute atomic E-state index is 0.130. The first-order chi connectivity index (χ1) is 9.00. The van der Waals surface area contributed by atoms with Gasteiger partial charge < -0.3 is 0 Å². The SMILES string of the molecule is CCCn1c(SCCCCC(C)(C)C#N)n[nH]c1=O. The molecule has 1 aromatic rings. The Bertz CT molecular complexity index is 484. The first-order valence-corrected chi connectivity index (χ1v) is 7.68. The van der Waals surface area contributed by atoms with Crippen molar-refractivity contribution in [2.45, 2.75) is 58.2 Å². The standard InChI is InChI=1S/C13H22N4OS/c1-4-8-17-11(18)15-16-12(17)19-9-6-5-7-13(2,3)10-14/h4-9H2,1-3H3,(H,15,18). The number of rotatable bonds is 8. The molecule has 1 heterocycles. The molecule has 0 aliphatic rings. The van der Waals surface area contributed by atoms with E-state index in [1.807, 2.05) is 20.8 Å². The highest BCUT2D eigenvalue weighted by molar-refractivity contribution is 7.99. The van der Waals surface area contributed by atoms with Gasteiger partial charge in [-0.3, -0.25) is 4.57 Å². The maximum atomic E-state index is 11.5. The summed E-state index contributed by atoms with van der Waals surface area (Å²) in [4.78, 5) is 11.5. The molecule has 1 N–H and O–H groups in total. The van der Waals surface area contributed by atoms with Crippen molar-refractivity contribution in [1.82, 2.24) is 14.8 Å². The third kappa shape index (κ3) is 5.11. The summed E-state index contributed by atoms with van der Waals surface area (Å²) in [5.74, 6) is 0.926. The van der Waals surface area contributed by atoms with Crippen LogP contribution in [0.25, 0.3) is 0 Å². The summed E-state index contributed by atoms with van der Waals surface area (Å²) in [5.41, 5.74) is -0.364. The summed E-state index contributed by atoms with van der Waals surface area (Å²) in [7, 11) is 0. The van der Waals surface area contributed by atoms with Crippen molar-refractivity contribution in [2.24, 2.45) is 5.41 Å². The van der Waals surface area contributed by atoms with Gasteiger partial charge in [-0.1, -0.05) is 25.1 Å². The van der Waals surface area contributed by atoms with Crippen molar-refractivity contribution in [3.63, 3.8) is 0 Å². The number of thioether (sulfide) groups is 1. The van der Waals surface area contributed by atoms with Crippen molar-refractivity contribution in [3.8, 4) is 6.07 Å². The van der Waals surface area contributed by atoms with Crippen LogP contribution in [0.5, 0.6) is 0 Å². The maximum absolute atomic E-state index is 11.5. The number of nitrogens with one attached hydrogen (secondary N) is 1. The zero-order valence-corrected chi connectivity index (χ0v) is 12.7. The van der Waals surface area contributed by atoms with Crippen LogP contribution >= 0.6 is 11.8 Å². The van der Waals surface area contributed by atoms with Gasteiger partial charge >= 0.3 is 5.69 Å². The normalized spacial score (nSPS) is 11.5. The third-order valence-corrected chi connectivity index (χ3v) is 3.96. The van der Waals surface area contributed by atoms with Crippen LogP contribution in [0.15, 0.2) is 9.95 Å². The average Bonchev–Trinajstić information content (AvgIpc) is 2.71. The highest BCUT2D eigenvalue weighted by Gasteiger charge is 2.15. The summed E-state index contributed by atoms with van der Waals surface area (Å²) < 4.78 is 1.68. The number of hydrogen-bond acceptors (Lipinski definition) is 4. The molecule has 0 radical (unpaired) electrons. The Kier molecular flexibility index (Phi) is 6.16. The van der Waals surface area contributed by atoms with E-state index in [9.17, 15) is 4.79 Å². The zero-order valence-electron chi connectivity index (χ0n) is 11.9. The van der Waals surface area contributed by atoms with Gasteiger partial charge in [-0.25, -0.2) is 9.89 Å². The van der Waals surface area contributed by atoms with Gasteiger partial charge in [0.15, 0.2) is 5.16 Å². The lowest BCUT2D eigenvalue weighted by Crippen LogP contribution is -2.17. The van der Waals surface area contributed by atoms with Gasteiger partial charge in [-0.15, -0.1) is 5.10 Å². The molecule has 5 nitrogen and oxygen atoms in total. The molecule has 0 spiro atoms. The number of unbranched alkanes of at least 4 members (excludes halogenated alkanes) is 1. The van der Waals surface area contributed by atoms with Crippen LogP contribution in [0.2, 0.25) is 0 Å². The van der Waals surface area contributed by atoms with E-state index in [2.05, 4.69) is 16.3 Å². The van der Waals surface area contributed by atoms with Crippen molar-refractivity contribution in [2.75, 3.05) is 5.75 Å². The summed E-state index contributed by atoms with van der Waals surface area (Å²) >= 11 is 1.60. The molecule has 0 saturated carbocycles. The lowest BCUT2D eigenvalue weighted by Gasteiger charge is -2.13. The van der Waals surface area contributed by atoms with E-state index in [0.717, 1.165) is 36.6 Å². The van der Waals surface area contributed by atoms with E-state index < -0.39 is 0 Å². The lowest BCUT2D eigenvalue weighted by atomic mass is 9.89. The Morgan fingerprint density at radius 2 is 2.21 bits per heavy atom. The Hall–Kier alpha value is -1.22. The number of aromatic nitrogens is 3. The minimum atomic E-state index is -0.235. The van der Waals surface area contributed by atoms with E-state index in [0.29, 0.717) is 6.54 Å². The largest absolute Gasteiger partial charge is 0.343 e. The van der Waals surface area contributed by atoms with Crippen LogP contribution in [-0.4, -0.2) is 20.5 Å². The molecular formula is C13H22N4OS. The van der Waals surface area contributed by atoms with Crippen molar-refractivity contribution >= 4 is 11.8 Å². The molecule has 0 bridgehead atoms. The number of nitriles is 1. The summed E-state index contributed by atoms with van der Waals surface area (Å²) in [6.45, 7) is 6.68. The van der Waals surface area contributed by atoms with Gasteiger partial charge in [-0.2, -0.15) is 5.26 Å². The highest BCUT2D eigenvalue weighted by Crippen LogP contribution is 2.23. The lowest BCUT2D eigenvalue weighted by molar-refractivity contribution is 0.433. The molecular weight excluding hydrogens is 260 g/mol. The Morgan fingerprint density at radius 1 is 1.47 bits per heavy atom. The minimum Gasteiger partial charge on any atom is -0.270 e. The molecule has 0 unspecified atom stereocenters. The molecule has 0 fully saturated rings. The predicted molar refractivity (Wildman–Crippen MR) is 77.1 cm³/mol. The van der Waals surface area contributed by atoms with E-state index in [1.165, 1.54) is 0 Å². The molecule has 0 aliphatic heterocycles. The second-order valence-corrected chi connectivity index (χ2v) is 6.33. The topological polar surface area (TPSA) is 74.5 Å². The molecule has 106 valence electrons. The quantitative estimate of drug-likeness (QED) is 0.587. The first-order valence-electron chi connectivity index (χ1n) is 6.69. The Labute approximate surface area is 118 Å². The van der Waals surface area contributed by atoms with Crippen molar-refractivity contribution in [3.05, 3.63) is 10.5 Å². The molecule has 0 atom stereocenters. The van der Waals surface area contributed by atoms with E-state index in [1.54, 1.807) is 16.3 Å². The first kappa shape index (κ1) is 15.8. The number of H-pyrrole nitrogens is 1. The molecule has 0 amide bonds. The fourth-order valence-electron chi connectivity index (χ4n) is 1.72. The van der Waals surface area contributed by atoms with Crippen LogP contribution in [-0.2, 0) is 6.54 Å². The number of aromatic amines is 1.